The zero-order valence-electron chi connectivity index (χ0n) is 9.71. The number of carboxylic acid groups (broad SMARTS) is 1. The quantitative estimate of drug-likeness (QED) is 0.678. The summed E-state index contributed by atoms with van der Waals surface area (Å²) < 4.78 is 6.11. The molecule has 0 aliphatic heterocycles. The number of carboxylic acids is 1. The highest BCUT2D eigenvalue weighted by atomic mass is 16.5. The number of aromatic nitrogens is 2. The number of hydrogen-bond donors (Lipinski definition) is 2. The van der Waals surface area contributed by atoms with Crippen molar-refractivity contribution >= 4 is 11.9 Å². The maximum absolute atomic E-state index is 11.6. The van der Waals surface area contributed by atoms with Gasteiger partial charge in [0.25, 0.3) is 0 Å². The molecule has 0 aromatic carbocycles. The zero-order chi connectivity index (χ0) is 12.8. The summed E-state index contributed by atoms with van der Waals surface area (Å²) in [4.78, 5) is 22.2. The van der Waals surface area contributed by atoms with E-state index in [1.807, 2.05) is 0 Å². The predicted molar refractivity (Wildman–Crippen MR) is 58.8 cm³/mol. The van der Waals surface area contributed by atoms with Gasteiger partial charge in [-0.1, -0.05) is 0 Å². The van der Waals surface area contributed by atoms with Crippen molar-refractivity contribution in [2.75, 3.05) is 20.3 Å². The van der Waals surface area contributed by atoms with Crippen molar-refractivity contribution in [3.05, 3.63) is 18.0 Å². The maximum Gasteiger partial charge on any atom is 0.356 e. The molecule has 0 fully saturated rings. The fraction of sp³-hybridized carbons (Fsp3) is 0.500. The molecule has 0 bridgehead atoms. The molecule has 1 unspecified atom stereocenters. The second-order valence-electron chi connectivity index (χ2n) is 3.45. The molecule has 0 spiro atoms. The summed E-state index contributed by atoms with van der Waals surface area (Å²) in [5, 5.41) is 15.1. The third kappa shape index (κ3) is 3.56. The van der Waals surface area contributed by atoms with Crippen molar-refractivity contribution in [1.29, 1.82) is 0 Å². The van der Waals surface area contributed by atoms with Crippen LogP contribution in [0.2, 0.25) is 0 Å². The second-order valence-corrected chi connectivity index (χ2v) is 3.45. The summed E-state index contributed by atoms with van der Waals surface area (Å²) in [6.45, 7) is 2.48. The number of carbonyl (C=O) groups is 2. The van der Waals surface area contributed by atoms with Crippen LogP contribution in [0.5, 0.6) is 0 Å². The first-order chi connectivity index (χ1) is 8.06. The lowest BCUT2D eigenvalue weighted by atomic mass is 10.3. The Kier molecular flexibility index (Phi) is 4.65. The van der Waals surface area contributed by atoms with E-state index in [0.29, 0.717) is 13.2 Å². The van der Waals surface area contributed by atoms with E-state index in [2.05, 4.69) is 10.4 Å². The molecule has 1 heterocycles. The SMILES string of the molecule is COCCNC(=O)C(C)n1ccc(C(=O)O)n1. The fourth-order valence-corrected chi connectivity index (χ4v) is 1.21. The molecule has 7 nitrogen and oxygen atoms in total. The smallest absolute Gasteiger partial charge is 0.356 e. The number of aromatic carboxylic acids is 1. The molecule has 7 heteroatoms. The highest BCUT2D eigenvalue weighted by molar-refractivity contribution is 5.85. The van der Waals surface area contributed by atoms with Gasteiger partial charge >= 0.3 is 5.97 Å². The van der Waals surface area contributed by atoms with Gasteiger partial charge in [0.1, 0.15) is 6.04 Å². The number of carbonyl (C=O) groups excluding carboxylic acids is 1. The normalized spacial score (nSPS) is 12.1. The van der Waals surface area contributed by atoms with Gasteiger partial charge in [-0.3, -0.25) is 9.48 Å². The van der Waals surface area contributed by atoms with E-state index in [-0.39, 0.29) is 11.6 Å². The number of ether oxygens (including phenoxy) is 1. The highest BCUT2D eigenvalue weighted by Crippen LogP contribution is 2.05. The van der Waals surface area contributed by atoms with Gasteiger partial charge < -0.3 is 15.2 Å². The van der Waals surface area contributed by atoms with Gasteiger partial charge in [0.15, 0.2) is 5.69 Å². The molecule has 17 heavy (non-hydrogen) atoms. The molecule has 1 atom stereocenters. The lowest BCUT2D eigenvalue weighted by Crippen LogP contribution is -2.33. The molecule has 2 N–H and O–H groups in total. The Hall–Kier alpha value is -1.89. The van der Waals surface area contributed by atoms with Crippen LogP contribution in [-0.2, 0) is 9.53 Å². The average molecular weight is 241 g/mol. The van der Waals surface area contributed by atoms with Crippen molar-refractivity contribution < 1.29 is 19.4 Å². The molecule has 94 valence electrons. The van der Waals surface area contributed by atoms with Crippen LogP contribution in [0.1, 0.15) is 23.5 Å². The number of methoxy groups -OCH3 is 1. The van der Waals surface area contributed by atoms with Crippen LogP contribution < -0.4 is 5.32 Å². The Morgan fingerprint density at radius 1 is 1.65 bits per heavy atom. The topological polar surface area (TPSA) is 93.5 Å². The van der Waals surface area contributed by atoms with Gasteiger partial charge in [-0.15, -0.1) is 0 Å². The molecule has 1 amide bonds. The van der Waals surface area contributed by atoms with Crippen LogP contribution >= 0.6 is 0 Å². The predicted octanol–water partition coefficient (Wildman–Crippen LogP) is -0.0951. The molecule has 0 saturated heterocycles. The van der Waals surface area contributed by atoms with Crippen LogP contribution in [0.3, 0.4) is 0 Å². The first-order valence-electron chi connectivity index (χ1n) is 5.11. The molecule has 1 aromatic heterocycles. The lowest BCUT2D eigenvalue weighted by Gasteiger charge is -2.12. The van der Waals surface area contributed by atoms with Crippen molar-refractivity contribution in [1.82, 2.24) is 15.1 Å². The monoisotopic (exact) mass is 241 g/mol. The minimum atomic E-state index is -1.12. The molecular weight excluding hydrogens is 226 g/mol. The van der Waals surface area contributed by atoms with Gasteiger partial charge in [0, 0.05) is 19.9 Å². The summed E-state index contributed by atoms with van der Waals surface area (Å²) >= 11 is 0. The minimum Gasteiger partial charge on any atom is -0.476 e. The van der Waals surface area contributed by atoms with E-state index in [9.17, 15) is 9.59 Å². The number of nitrogens with one attached hydrogen (secondary N) is 1. The Bertz CT molecular complexity index is 402. The van der Waals surface area contributed by atoms with Gasteiger partial charge in [-0.05, 0) is 13.0 Å². The maximum atomic E-state index is 11.6. The number of hydrogen-bond acceptors (Lipinski definition) is 4. The Balaban J connectivity index is 2.58. The van der Waals surface area contributed by atoms with Crippen LogP contribution in [-0.4, -0.2) is 47.0 Å². The van der Waals surface area contributed by atoms with Crippen LogP contribution in [0.15, 0.2) is 12.3 Å². The van der Waals surface area contributed by atoms with E-state index in [1.165, 1.54) is 16.9 Å². The zero-order valence-corrected chi connectivity index (χ0v) is 9.71. The number of amides is 1. The van der Waals surface area contributed by atoms with E-state index >= 15 is 0 Å². The fourth-order valence-electron chi connectivity index (χ4n) is 1.21. The molecule has 0 aliphatic rings. The molecule has 0 radical (unpaired) electrons. The second kappa shape index (κ2) is 6.00. The lowest BCUT2D eigenvalue weighted by molar-refractivity contribution is -0.124. The third-order valence-electron chi connectivity index (χ3n) is 2.21. The van der Waals surface area contributed by atoms with Crippen molar-refractivity contribution in [3.8, 4) is 0 Å². The molecular formula is C10H15N3O4. The first kappa shape index (κ1) is 13.2. The summed E-state index contributed by atoms with van der Waals surface area (Å²) in [5.74, 6) is -1.35. The largest absolute Gasteiger partial charge is 0.476 e. The minimum absolute atomic E-state index is 0.0819. The standard InChI is InChI=1S/C10H15N3O4/c1-7(9(14)11-4-6-17-2)13-5-3-8(12-13)10(15)16/h3,5,7H,4,6H2,1-2H3,(H,11,14)(H,15,16). The van der Waals surface area contributed by atoms with Crippen molar-refractivity contribution in [2.24, 2.45) is 0 Å². The highest BCUT2D eigenvalue weighted by Gasteiger charge is 2.16. The number of rotatable bonds is 6. The van der Waals surface area contributed by atoms with Gasteiger partial charge in [0.2, 0.25) is 5.91 Å². The van der Waals surface area contributed by atoms with Crippen LogP contribution in [0.4, 0.5) is 0 Å². The molecule has 0 aliphatic carbocycles. The van der Waals surface area contributed by atoms with E-state index < -0.39 is 12.0 Å². The summed E-state index contributed by atoms with van der Waals surface area (Å²) in [5.41, 5.74) is -0.0819. The Morgan fingerprint density at radius 3 is 2.88 bits per heavy atom. The van der Waals surface area contributed by atoms with Crippen LogP contribution in [0.25, 0.3) is 0 Å². The van der Waals surface area contributed by atoms with Gasteiger partial charge in [0.05, 0.1) is 6.61 Å². The molecule has 1 aromatic rings. The first-order valence-corrected chi connectivity index (χ1v) is 5.11. The summed E-state index contributed by atoms with van der Waals surface area (Å²) in [7, 11) is 1.54. The summed E-state index contributed by atoms with van der Waals surface area (Å²) in [6.07, 6.45) is 1.46. The van der Waals surface area contributed by atoms with E-state index in [4.69, 9.17) is 9.84 Å². The Morgan fingerprint density at radius 2 is 2.35 bits per heavy atom. The van der Waals surface area contributed by atoms with Crippen molar-refractivity contribution in [2.45, 2.75) is 13.0 Å². The third-order valence-corrected chi connectivity index (χ3v) is 2.21. The van der Waals surface area contributed by atoms with E-state index in [1.54, 1.807) is 14.0 Å². The average Bonchev–Trinajstić information content (AvgIpc) is 2.77. The molecule has 1 rings (SSSR count). The summed E-state index contributed by atoms with van der Waals surface area (Å²) in [6, 6.07) is 0.793. The van der Waals surface area contributed by atoms with Crippen LogP contribution in [0, 0.1) is 0 Å². The Labute approximate surface area is 98.4 Å². The number of nitrogens with zero attached hydrogens (tertiary/aromatic N) is 2. The van der Waals surface area contributed by atoms with Gasteiger partial charge in [-0.25, -0.2) is 4.79 Å². The molecule has 0 saturated carbocycles. The van der Waals surface area contributed by atoms with Crippen molar-refractivity contribution in [3.63, 3.8) is 0 Å². The van der Waals surface area contributed by atoms with Gasteiger partial charge in [-0.2, -0.15) is 5.10 Å². The van der Waals surface area contributed by atoms with E-state index in [0.717, 1.165) is 0 Å².